The van der Waals surface area contributed by atoms with E-state index in [2.05, 4.69) is 59.5 Å². The SMILES string of the molecule is c1ccc(-c2ccc(C3CN4CCC3CC4)cc2)cc1. The number of benzene rings is 2. The Morgan fingerprint density at radius 3 is 2.00 bits per heavy atom. The van der Waals surface area contributed by atoms with Crippen molar-refractivity contribution in [2.75, 3.05) is 19.6 Å². The fraction of sp³-hybridized carbons (Fsp3) is 0.368. The Balaban J connectivity index is 1.59. The quantitative estimate of drug-likeness (QED) is 0.786. The molecule has 0 N–H and O–H groups in total. The summed E-state index contributed by atoms with van der Waals surface area (Å²) in [6.45, 7) is 3.92. The zero-order valence-corrected chi connectivity index (χ0v) is 11.8. The number of rotatable bonds is 2. The van der Waals surface area contributed by atoms with E-state index in [4.69, 9.17) is 0 Å². The number of hydrogen-bond acceptors (Lipinski definition) is 1. The van der Waals surface area contributed by atoms with Crippen LogP contribution in [0.25, 0.3) is 11.1 Å². The summed E-state index contributed by atoms with van der Waals surface area (Å²) in [6.07, 6.45) is 2.79. The molecule has 2 aromatic rings. The third-order valence-corrected chi connectivity index (χ3v) is 5.10. The van der Waals surface area contributed by atoms with Crippen LogP contribution < -0.4 is 0 Å². The van der Waals surface area contributed by atoms with E-state index >= 15 is 0 Å². The summed E-state index contributed by atoms with van der Waals surface area (Å²) in [5.74, 6) is 1.69. The van der Waals surface area contributed by atoms with E-state index in [9.17, 15) is 0 Å². The van der Waals surface area contributed by atoms with Crippen LogP contribution in [0.3, 0.4) is 0 Å². The maximum atomic E-state index is 2.63. The minimum Gasteiger partial charge on any atom is -0.303 e. The maximum Gasteiger partial charge on any atom is 0.00530 e. The Kier molecular flexibility index (Phi) is 3.08. The Morgan fingerprint density at radius 1 is 0.750 bits per heavy atom. The molecule has 1 atom stereocenters. The number of hydrogen-bond donors (Lipinski definition) is 0. The molecule has 3 fully saturated rings. The summed E-state index contributed by atoms with van der Waals surface area (Å²) in [4.78, 5) is 2.63. The summed E-state index contributed by atoms with van der Waals surface area (Å²) < 4.78 is 0. The Hall–Kier alpha value is -1.60. The lowest BCUT2D eigenvalue weighted by molar-refractivity contribution is 0.0871. The molecule has 102 valence electrons. The minimum atomic E-state index is 0.766. The van der Waals surface area contributed by atoms with Gasteiger partial charge >= 0.3 is 0 Å². The average molecular weight is 263 g/mol. The van der Waals surface area contributed by atoms with E-state index in [1.807, 2.05) is 0 Å². The van der Waals surface area contributed by atoms with Crippen LogP contribution in [0.4, 0.5) is 0 Å². The fourth-order valence-corrected chi connectivity index (χ4v) is 3.90. The van der Waals surface area contributed by atoms with Crippen LogP contribution in [0.2, 0.25) is 0 Å². The minimum absolute atomic E-state index is 0.766. The van der Waals surface area contributed by atoms with E-state index < -0.39 is 0 Å². The van der Waals surface area contributed by atoms with Crippen molar-refractivity contribution in [3.05, 3.63) is 60.2 Å². The molecule has 5 rings (SSSR count). The first-order valence-electron chi connectivity index (χ1n) is 7.78. The van der Waals surface area contributed by atoms with Gasteiger partial charge in [0.05, 0.1) is 0 Å². The molecule has 3 heterocycles. The predicted octanol–water partition coefficient (Wildman–Crippen LogP) is 4.16. The first-order chi connectivity index (χ1) is 9.90. The molecule has 3 saturated heterocycles. The molecular weight excluding hydrogens is 242 g/mol. The molecule has 2 bridgehead atoms. The zero-order valence-electron chi connectivity index (χ0n) is 11.8. The number of fused-ring (bicyclic) bond motifs is 3. The van der Waals surface area contributed by atoms with Crippen molar-refractivity contribution in [2.24, 2.45) is 5.92 Å². The average Bonchev–Trinajstić information content (AvgIpc) is 2.57. The molecule has 0 radical (unpaired) electrons. The highest BCUT2D eigenvalue weighted by Crippen LogP contribution is 2.39. The van der Waals surface area contributed by atoms with Gasteiger partial charge in [0.15, 0.2) is 0 Å². The molecule has 0 spiro atoms. The van der Waals surface area contributed by atoms with Crippen molar-refractivity contribution in [2.45, 2.75) is 18.8 Å². The third-order valence-electron chi connectivity index (χ3n) is 5.10. The first-order valence-corrected chi connectivity index (χ1v) is 7.78. The molecule has 2 aromatic carbocycles. The molecule has 0 aliphatic carbocycles. The van der Waals surface area contributed by atoms with Gasteiger partial charge in [-0.05, 0) is 54.5 Å². The van der Waals surface area contributed by atoms with E-state index in [0.29, 0.717) is 0 Å². The monoisotopic (exact) mass is 263 g/mol. The molecule has 20 heavy (non-hydrogen) atoms. The number of nitrogens with zero attached hydrogens (tertiary/aromatic N) is 1. The van der Waals surface area contributed by atoms with Crippen LogP contribution in [-0.4, -0.2) is 24.5 Å². The normalized spacial score (nSPS) is 28.5. The smallest absolute Gasteiger partial charge is 0.00530 e. The maximum absolute atomic E-state index is 2.63. The van der Waals surface area contributed by atoms with E-state index in [1.54, 1.807) is 5.56 Å². The van der Waals surface area contributed by atoms with Gasteiger partial charge in [0.25, 0.3) is 0 Å². The molecular formula is C19H21N. The second-order valence-corrected chi connectivity index (χ2v) is 6.23. The highest BCUT2D eigenvalue weighted by molar-refractivity contribution is 5.63. The van der Waals surface area contributed by atoms with Gasteiger partial charge in [0.1, 0.15) is 0 Å². The van der Waals surface area contributed by atoms with Crippen molar-refractivity contribution in [1.82, 2.24) is 4.90 Å². The van der Waals surface area contributed by atoms with Crippen LogP contribution >= 0.6 is 0 Å². The number of piperidine rings is 3. The standard InChI is InChI=1S/C19H21N/c1-2-4-15(5-3-1)16-6-8-17(9-7-16)19-14-20-12-10-18(19)11-13-20/h1-9,18-19H,10-14H2. The lowest BCUT2D eigenvalue weighted by Gasteiger charge is -2.45. The lowest BCUT2D eigenvalue weighted by Crippen LogP contribution is -2.46. The van der Waals surface area contributed by atoms with Crippen molar-refractivity contribution in [3.63, 3.8) is 0 Å². The Morgan fingerprint density at radius 2 is 1.40 bits per heavy atom. The second-order valence-electron chi connectivity index (χ2n) is 6.23. The summed E-state index contributed by atoms with van der Waals surface area (Å²) in [5, 5.41) is 0. The van der Waals surface area contributed by atoms with Gasteiger partial charge in [-0.15, -0.1) is 0 Å². The Bertz CT molecular complexity index is 564. The van der Waals surface area contributed by atoms with E-state index in [-0.39, 0.29) is 0 Å². The van der Waals surface area contributed by atoms with Gasteiger partial charge in [-0.1, -0.05) is 54.6 Å². The summed E-state index contributed by atoms with van der Waals surface area (Å²) in [5.41, 5.74) is 4.18. The van der Waals surface area contributed by atoms with Gasteiger partial charge < -0.3 is 4.90 Å². The molecule has 0 saturated carbocycles. The van der Waals surface area contributed by atoms with Crippen molar-refractivity contribution in [1.29, 1.82) is 0 Å². The van der Waals surface area contributed by atoms with Crippen LogP contribution in [-0.2, 0) is 0 Å². The van der Waals surface area contributed by atoms with Gasteiger partial charge in [-0.25, -0.2) is 0 Å². The van der Waals surface area contributed by atoms with Gasteiger partial charge in [-0.3, -0.25) is 0 Å². The van der Waals surface area contributed by atoms with Gasteiger partial charge in [0.2, 0.25) is 0 Å². The summed E-state index contributed by atoms with van der Waals surface area (Å²) in [7, 11) is 0. The first kappa shape index (κ1) is 12.2. The Labute approximate surface area is 121 Å². The largest absolute Gasteiger partial charge is 0.303 e. The van der Waals surface area contributed by atoms with Crippen molar-refractivity contribution >= 4 is 0 Å². The van der Waals surface area contributed by atoms with Crippen molar-refractivity contribution in [3.8, 4) is 11.1 Å². The van der Waals surface area contributed by atoms with E-state index in [0.717, 1.165) is 11.8 Å². The second kappa shape index (κ2) is 5.06. The van der Waals surface area contributed by atoms with Gasteiger partial charge in [0, 0.05) is 6.54 Å². The molecule has 3 aliphatic heterocycles. The zero-order chi connectivity index (χ0) is 13.4. The molecule has 0 aromatic heterocycles. The van der Waals surface area contributed by atoms with Crippen molar-refractivity contribution < 1.29 is 0 Å². The molecule has 1 nitrogen and oxygen atoms in total. The van der Waals surface area contributed by atoms with Gasteiger partial charge in [-0.2, -0.15) is 0 Å². The van der Waals surface area contributed by atoms with Crippen LogP contribution in [0.15, 0.2) is 54.6 Å². The van der Waals surface area contributed by atoms with Crippen LogP contribution in [0, 0.1) is 5.92 Å². The molecule has 1 heteroatoms. The topological polar surface area (TPSA) is 3.24 Å². The molecule has 0 amide bonds. The highest BCUT2D eigenvalue weighted by Gasteiger charge is 2.34. The third kappa shape index (κ3) is 2.16. The fourth-order valence-electron chi connectivity index (χ4n) is 3.90. The summed E-state index contributed by atoms with van der Waals surface area (Å²) >= 11 is 0. The molecule has 1 unspecified atom stereocenters. The predicted molar refractivity (Wildman–Crippen MR) is 83.8 cm³/mol. The van der Waals surface area contributed by atoms with Crippen LogP contribution in [0.5, 0.6) is 0 Å². The molecule has 3 aliphatic rings. The lowest BCUT2D eigenvalue weighted by atomic mass is 9.75. The van der Waals surface area contributed by atoms with E-state index in [1.165, 1.54) is 43.6 Å². The highest BCUT2D eigenvalue weighted by atomic mass is 15.1. The summed E-state index contributed by atoms with van der Waals surface area (Å²) in [6, 6.07) is 20.0. The van der Waals surface area contributed by atoms with Crippen LogP contribution in [0.1, 0.15) is 24.3 Å².